The maximum atomic E-state index is 12.8. The van der Waals surface area contributed by atoms with Crippen LogP contribution in [0.2, 0.25) is 5.02 Å². The second-order valence-electron chi connectivity index (χ2n) is 8.11. The SMILES string of the molecule is CC(C)(C)OC(=O)N1CCc2c([nH]c3ccc(Cl)cc23)C1CC(CO)CO. The van der Waals surface area contributed by atoms with E-state index in [9.17, 15) is 15.0 Å². The van der Waals surface area contributed by atoms with Crippen LogP contribution in [0.5, 0.6) is 0 Å². The van der Waals surface area contributed by atoms with Gasteiger partial charge in [-0.1, -0.05) is 11.6 Å². The van der Waals surface area contributed by atoms with Gasteiger partial charge in [-0.15, -0.1) is 0 Å². The Kier molecular flexibility index (Phi) is 5.70. The lowest BCUT2D eigenvalue weighted by molar-refractivity contribution is 0.00779. The van der Waals surface area contributed by atoms with Gasteiger partial charge in [-0.2, -0.15) is 0 Å². The lowest BCUT2D eigenvalue weighted by Crippen LogP contribution is -2.44. The van der Waals surface area contributed by atoms with Crippen LogP contribution in [0.4, 0.5) is 4.79 Å². The van der Waals surface area contributed by atoms with Crippen molar-refractivity contribution in [3.63, 3.8) is 0 Å². The monoisotopic (exact) mass is 394 g/mol. The lowest BCUT2D eigenvalue weighted by Gasteiger charge is -2.38. The van der Waals surface area contributed by atoms with E-state index >= 15 is 0 Å². The van der Waals surface area contributed by atoms with Crippen molar-refractivity contribution >= 4 is 28.6 Å². The number of ether oxygens (including phenoxy) is 1. The van der Waals surface area contributed by atoms with Crippen LogP contribution >= 0.6 is 11.6 Å². The van der Waals surface area contributed by atoms with Crippen LogP contribution in [0.15, 0.2) is 18.2 Å². The van der Waals surface area contributed by atoms with E-state index in [4.69, 9.17) is 16.3 Å². The van der Waals surface area contributed by atoms with Crippen molar-refractivity contribution in [3.05, 3.63) is 34.5 Å². The highest BCUT2D eigenvalue weighted by molar-refractivity contribution is 6.31. The van der Waals surface area contributed by atoms with Crippen molar-refractivity contribution in [1.82, 2.24) is 9.88 Å². The zero-order chi connectivity index (χ0) is 19.8. The Morgan fingerprint density at radius 2 is 2.07 bits per heavy atom. The van der Waals surface area contributed by atoms with Crippen molar-refractivity contribution in [2.24, 2.45) is 5.92 Å². The molecule has 2 heterocycles. The topological polar surface area (TPSA) is 85.8 Å². The number of aliphatic hydroxyl groups is 2. The number of halogens is 1. The first kappa shape index (κ1) is 20.0. The number of aliphatic hydroxyl groups excluding tert-OH is 2. The summed E-state index contributed by atoms with van der Waals surface area (Å²) >= 11 is 6.17. The highest BCUT2D eigenvalue weighted by atomic mass is 35.5. The van der Waals surface area contributed by atoms with Crippen molar-refractivity contribution in [1.29, 1.82) is 0 Å². The summed E-state index contributed by atoms with van der Waals surface area (Å²) < 4.78 is 5.59. The molecule has 0 radical (unpaired) electrons. The largest absolute Gasteiger partial charge is 0.444 e. The summed E-state index contributed by atoms with van der Waals surface area (Å²) in [5, 5.41) is 20.9. The maximum absolute atomic E-state index is 12.8. The molecule has 1 aliphatic heterocycles. The Labute approximate surface area is 164 Å². The van der Waals surface area contributed by atoms with Gasteiger partial charge in [0.25, 0.3) is 0 Å². The number of nitrogens with one attached hydrogen (secondary N) is 1. The average Bonchev–Trinajstić information content (AvgIpc) is 2.96. The average molecular weight is 395 g/mol. The van der Waals surface area contributed by atoms with E-state index < -0.39 is 5.60 Å². The molecule has 0 saturated heterocycles. The van der Waals surface area contributed by atoms with Crippen LogP contribution in [0, 0.1) is 5.92 Å². The molecule has 0 saturated carbocycles. The van der Waals surface area contributed by atoms with Crippen LogP contribution in [0.1, 0.15) is 44.5 Å². The highest BCUT2D eigenvalue weighted by Gasteiger charge is 2.36. The van der Waals surface area contributed by atoms with Gasteiger partial charge < -0.3 is 19.9 Å². The summed E-state index contributed by atoms with van der Waals surface area (Å²) in [6.45, 7) is 5.74. The van der Waals surface area contributed by atoms with E-state index in [-0.39, 0.29) is 31.3 Å². The fraction of sp³-hybridized carbons (Fsp3) is 0.550. The molecule has 6 nitrogen and oxygen atoms in total. The minimum Gasteiger partial charge on any atom is -0.444 e. The highest BCUT2D eigenvalue weighted by Crippen LogP contribution is 2.39. The first-order valence-corrected chi connectivity index (χ1v) is 9.62. The fourth-order valence-electron chi connectivity index (χ4n) is 3.65. The predicted molar refractivity (Wildman–Crippen MR) is 105 cm³/mol. The number of benzene rings is 1. The molecule has 0 spiro atoms. The molecule has 3 rings (SSSR count). The summed E-state index contributed by atoms with van der Waals surface area (Å²) in [5.41, 5.74) is 2.43. The second-order valence-corrected chi connectivity index (χ2v) is 8.55. The van der Waals surface area contributed by atoms with Gasteiger partial charge in [0.2, 0.25) is 0 Å². The molecule has 0 fully saturated rings. The Hall–Kier alpha value is -1.76. The van der Waals surface area contributed by atoms with E-state index in [1.807, 2.05) is 39.0 Å². The number of carbonyl (C=O) groups excluding carboxylic acids is 1. The molecule has 0 bridgehead atoms. The maximum Gasteiger partial charge on any atom is 0.410 e. The molecule has 27 heavy (non-hydrogen) atoms. The number of fused-ring (bicyclic) bond motifs is 3. The van der Waals surface area contributed by atoms with Gasteiger partial charge in [-0.25, -0.2) is 4.79 Å². The summed E-state index contributed by atoms with van der Waals surface area (Å²) in [6, 6.07) is 5.39. The van der Waals surface area contributed by atoms with E-state index in [1.54, 1.807) is 4.90 Å². The number of carbonyl (C=O) groups is 1. The Balaban J connectivity index is 2.02. The van der Waals surface area contributed by atoms with Gasteiger partial charge >= 0.3 is 6.09 Å². The molecule has 1 aromatic carbocycles. The normalized spacial score (nSPS) is 17.4. The van der Waals surface area contributed by atoms with Gasteiger partial charge in [0.1, 0.15) is 5.60 Å². The molecule has 1 unspecified atom stereocenters. The molecule has 3 N–H and O–H groups in total. The van der Waals surface area contributed by atoms with Crippen LogP contribution in [-0.2, 0) is 11.2 Å². The third-order valence-corrected chi connectivity index (χ3v) is 5.15. The number of rotatable bonds is 4. The number of H-pyrrole nitrogens is 1. The molecule has 1 aliphatic rings. The molecule has 2 aromatic rings. The summed E-state index contributed by atoms with van der Waals surface area (Å²) in [5.74, 6) is -0.319. The quantitative estimate of drug-likeness (QED) is 0.738. The summed E-state index contributed by atoms with van der Waals surface area (Å²) in [7, 11) is 0. The first-order valence-electron chi connectivity index (χ1n) is 9.25. The summed E-state index contributed by atoms with van der Waals surface area (Å²) in [4.78, 5) is 17.9. The zero-order valence-electron chi connectivity index (χ0n) is 16.0. The number of hydrogen-bond acceptors (Lipinski definition) is 4. The van der Waals surface area contributed by atoms with E-state index in [0.717, 1.165) is 22.2 Å². The minimum absolute atomic E-state index is 0.142. The van der Waals surface area contributed by atoms with Gasteiger partial charge in [-0.3, -0.25) is 4.90 Å². The van der Waals surface area contributed by atoms with Crippen molar-refractivity contribution in [2.75, 3.05) is 19.8 Å². The summed E-state index contributed by atoms with van der Waals surface area (Å²) in [6.07, 6.45) is 0.748. The smallest absolute Gasteiger partial charge is 0.410 e. The van der Waals surface area contributed by atoms with E-state index in [1.165, 1.54) is 0 Å². The number of aromatic amines is 1. The molecule has 7 heteroatoms. The molecule has 1 aromatic heterocycles. The van der Waals surface area contributed by atoms with Crippen molar-refractivity contribution in [3.8, 4) is 0 Å². The molecule has 1 amide bonds. The lowest BCUT2D eigenvalue weighted by atomic mass is 9.91. The Morgan fingerprint density at radius 1 is 1.37 bits per heavy atom. The van der Waals surface area contributed by atoms with Crippen LogP contribution in [0.25, 0.3) is 10.9 Å². The van der Waals surface area contributed by atoms with Crippen LogP contribution < -0.4 is 0 Å². The molecule has 0 aliphatic carbocycles. The zero-order valence-corrected chi connectivity index (χ0v) is 16.7. The van der Waals surface area contributed by atoms with Gasteiger partial charge in [0.05, 0.1) is 6.04 Å². The van der Waals surface area contributed by atoms with Crippen LogP contribution in [0.3, 0.4) is 0 Å². The number of nitrogens with zero attached hydrogens (tertiary/aromatic N) is 1. The molecular weight excluding hydrogens is 368 g/mol. The fourth-order valence-corrected chi connectivity index (χ4v) is 3.82. The van der Waals surface area contributed by atoms with Gasteiger partial charge in [0.15, 0.2) is 0 Å². The third-order valence-electron chi connectivity index (χ3n) is 4.91. The minimum atomic E-state index is -0.594. The number of amides is 1. The van der Waals surface area contributed by atoms with E-state index in [0.29, 0.717) is 24.4 Å². The van der Waals surface area contributed by atoms with Gasteiger partial charge in [-0.05, 0) is 57.4 Å². The Bertz CT molecular complexity index is 823. The van der Waals surface area contributed by atoms with Crippen LogP contribution in [-0.4, -0.2) is 51.5 Å². The molecular formula is C20H27ClN2O4. The van der Waals surface area contributed by atoms with Gasteiger partial charge in [0, 0.05) is 47.3 Å². The molecule has 1 atom stereocenters. The van der Waals surface area contributed by atoms with E-state index in [2.05, 4.69) is 4.98 Å². The third kappa shape index (κ3) is 4.23. The van der Waals surface area contributed by atoms with Crippen molar-refractivity contribution in [2.45, 2.75) is 45.3 Å². The number of hydrogen-bond donors (Lipinski definition) is 3. The first-order chi connectivity index (χ1) is 12.7. The Morgan fingerprint density at radius 3 is 2.70 bits per heavy atom. The predicted octanol–water partition coefficient (Wildman–Crippen LogP) is 3.65. The van der Waals surface area contributed by atoms with Crippen molar-refractivity contribution < 1.29 is 19.7 Å². The molecule has 148 valence electrons. The number of aromatic nitrogens is 1. The second kappa shape index (κ2) is 7.70. The standard InChI is InChI=1S/C20H27ClN2O4/c1-20(2,3)27-19(26)23-7-6-14-15-9-13(21)4-5-16(15)22-18(14)17(23)8-12(10-24)11-25/h4-5,9,12,17,22,24-25H,6-8,10-11H2,1-3H3.